The molecule has 180 valence electrons. The SMILES string of the molecule is COC(=O)[C@@H]1[C@H](c2ccccc2)[C@@H](C(=O)c2ccccc2)[C@@H]2c3cc(OC)c(OC)cc3CCN12. The van der Waals surface area contributed by atoms with Gasteiger partial charge in [-0.25, -0.2) is 0 Å². The Hall–Kier alpha value is -3.64. The smallest absolute Gasteiger partial charge is 0.323 e. The van der Waals surface area contributed by atoms with Gasteiger partial charge in [0, 0.05) is 24.1 Å². The number of carbonyl (C=O) groups excluding carboxylic acids is 2. The first-order valence-corrected chi connectivity index (χ1v) is 11.8. The van der Waals surface area contributed by atoms with E-state index in [2.05, 4.69) is 4.90 Å². The third kappa shape index (κ3) is 3.88. The fraction of sp³-hybridized carbons (Fsp3) is 0.310. The number of ketones is 1. The van der Waals surface area contributed by atoms with Gasteiger partial charge < -0.3 is 14.2 Å². The first-order chi connectivity index (χ1) is 17.1. The second-order valence-corrected chi connectivity index (χ2v) is 9.00. The largest absolute Gasteiger partial charge is 0.493 e. The Balaban J connectivity index is 1.74. The summed E-state index contributed by atoms with van der Waals surface area (Å²) in [6.07, 6.45) is 0.730. The van der Waals surface area contributed by atoms with Crippen LogP contribution in [0.5, 0.6) is 11.5 Å². The van der Waals surface area contributed by atoms with E-state index in [0.717, 1.165) is 23.1 Å². The summed E-state index contributed by atoms with van der Waals surface area (Å²) in [6.45, 7) is 0.634. The van der Waals surface area contributed by atoms with Crippen molar-refractivity contribution < 1.29 is 23.8 Å². The molecule has 1 fully saturated rings. The predicted molar refractivity (Wildman–Crippen MR) is 132 cm³/mol. The standard InChI is InChI=1S/C29H29NO5/c1-33-22-16-20-14-15-30-26(21(20)17-23(22)34-2)25(28(31)19-12-8-5-9-13-19)24(27(30)29(32)35-3)18-10-6-4-7-11-18/h4-13,16-17,24-27H,14-15H2,1-3H3/t24-,25-,26+,27+/m1/s1. The van der Waals surface area contributed by atoms with Crippen LogP contribution in [0.3, 0.4) is 0 Å². The van der Waals surface area contributed by atoms with Crippen molar-refractivity contribution in [2.75, 3.05) is 27.9 Å². The summed E-state index contributed by atoms with van der Waals surface area (Å²) in [5.41, 5.74) is 3.69. The molecular weight excluding hydrogens is 442 g/mol. The van der Waals surface area contributed by atoms with Crippen molar-refractivity contribution in [2.45, 2.75) is 24.4 Å². The molecule has 0 bridgehead atoms. The minimum Gasteiger partial charge on any atom is -0.493 e. The molecular formula is C29H29NO5. The maximum absolute atomic E-state index is 14.2. The lowest BCUT2D eigenvalue weighted by Crippen LogP contribution is -2.43. The Morgan fingerprint density at radius 1 is 0.857 bits per heavy atom. The summed E-state index contributed by atoms with van der Waals surface area (Å²) in [4.78, 5) is 29.6. The first-order valence-electron chi connectivity index (χ1n) is 11.8. The molecule has 35 heavy (non-hydrogen) atoms. The zero-order valence-corrected chi connectivity index (χ0v) is 20.1. The molecule has 0 aliphatic carbocycles. The van der Waals surface area contributed by atoms with Crippen molar-refractivity contribution in [3.05, 3.63) is 95.1 Å². The van der Waals surface area contributed by atoms with Gasteiger partial charge in [-0.05, 0) is 35.2 Å². The second-order valence-electron chi connectivity index (χ2n) is 9.00. The highest BCUT2D eigenvalue weighted by molar-refractivity contribution is 6.00. The van der Waals surface area contributed by atoms with Gasteiger partial charge in [-0.15, -0.1) is 0 Å². The summed E-state index contributed by atoms with van der Waals surface area (Å²) in [5, 5.41) is 0. The van der Waals surface area contributed by atoms with E-state index in [4.69, 9.17) is 14.2 Å². The van der Waals surface area contributed by atoms with Crippen LogP contribution in [0.25, 0.3) is 0 Å². The van der Waals surface area contributed by atoms with Crippen molar-refractivity contribution >= 4 is 11.8 Å². The first kappa shape index (κ1) is 23.1. The van der Waals surface area contributed by atoms with Crippen LogP contribution in [0, 0.1) is 5.92 Å². The van der Waals surface area contributed by atoms with Gasteiger partial charge in [-0.1, -0.05) is 60.7 Å². The van der Waals surface area contributed by atoms with E-state index in [1.165, 1.54) is 7.11 Å². The summed E-state index contributed by atoms with van der Waals surface area (Å²) in [6, 6.07) is 22.3. The van der Waals surface area contributed by atoms with Crippen molar-refractivity contribution in [1.82, 2.24) is 4.90 Å². The summed E-state index contributed by atoms with van der Waals surface area (Å²) in [5.74, 6) is 0.116. The third-order valence-electron chi connectivity index (χ3n) is 7.37. The molecule has 2 heterocycles. The van der Waals surface area contributed by atoms with E-state index >= 15 is 0 Å². The highest BCUT2D eigenvalue weighted by Crippen LogP contribution is 2.54. The summed E-state index contributed by atoms with van der Waals surface area (Å²) >= 11 is 0. The molecule has 0 amide bonds. The van der Waals surface area contributed by atoms with Crippen LogP contribution in [-0.2, 0) is 16.0 Å². The number of benzene rings is 3. The molecule has 0 spiro atoms. The molecule has 0 aromatic heterocycles. The Kier molecular flexibility index (Phi) is 6.31. The van der Waals surface area contributed by atoms with Crippen molar-refractivity contribution in [3.8, 4) is 11.5 Å². The topological polar surface area (TPSA) is 65.1 Å². The Bertz CT molecular complexity index is 1230. The van der Waals surface area contributed by atoms with Crippen molar-refractivity contribution in [2.24, 2.45) is 5.92 Å². The van der Waals surface area contributed by atoms with Crippen LogP contribution < -0.4 is 9.47 Å². The monoisotopic (exact) mass is 471 g/mol. The highest BCUT2D eigenvalue weighted by Gasteiger charge is 2.57. The number of esters is 1. The van der Waals surface area contributed by atoms with E-state index in [1.807, 2.05) is 72.8 Å². The molecule has 4 atom stereocenters. The highest BCUT2D eigenvalue weighted by atomic mass is 16.5. The van der Waals surface area contributed by atoms with Gasteiger partial charge >= 0.3 is 5.97 Å². The number of ether oxygens (including phenoxy) is 3. The maximum atomic E-state index is 14.2. The van der Waals surface area contributed by atoms with Gasteiger partial charge in [0.1, 0.15) is 6.04 Å². The van der Waals surface area contributed by atoms with Crippen LogP contribution >= 0.6 is 0 Å². The minimum absolute atomic E-state index is 0.0171. The molecule has 6 heteroatoms. The number of hydrogen-bond donors (Lipinski definition) is 0. The number of rotatable bonds is 6. The van der Waals surface area contributed by atoms with Gasteiger partial charge in [0.25, 0.3) is 0 Å². The quantitative estimate of drug-likeness (QED) is 0.391. The molecule has 2 aliphatic rings. The van der Waals surface area contributed by atoms with Crippen LogP contribution in [-0.4, -0.2) is 50.6 Å². The molecule has 5 rings (SSSR count). The molecule has 1 saturated heterocycles. The number of nitrogens with zero attached hydrogens (tertiary/aromatic N) is 1. The zero-order valence-electron chi connectivity index (χ0n) is 20.1. The van der Waals surface area contributed by atoms with Crippen LogP contribution in [0.2, 0.25) is 0 Å². The Morgan fingerprint density at radius 3 is 2.11 bits per heavy atom. The number of Topliss-reactive ketones (excluding diaryl/α,β-unsaturated/α-hetero) is 1. The molecule has 3 aromatic carbocycles. The second kappa shape index (κ2) is 9.55. The van der Waals surface area contributed by atoms with E-state index in [0.29, 0.717) is 23.6 Å². The molecule has 3 aromatic rings. The van der Waals surface area contributed by atoms with Gasteiger partial charge in [-0.2, -0.15) is 0 Å². The van der Waals surface area contributed by atoms with E-state index in [1.54, 1.807) is 14.2 Å². The number of carbonyl (C=O) groups is 2. The normalized spacial score (nSPS) is 23.2. The Morgan fingerprint density at radius 2 is 1.49 bits per heavy atom. The number of methoxy groups -OCH3 is 3. The van der Waals surface area contributed by atoms with Gasteiger partial charge in [0.2, 0.25) is 0 Å². The van der Waals surface area contributed by atoms with E-state index in [-0.39, 0.29) is 23.7 Å². The number of hydrogen-bond acceptors (Lipinski definition) is 6. The maximum Gasteiger partial charge on any atom is 0.323 e. The van der Waals surface area contributed by atoms with Crippen molar-refractivity contribution in [1.29, 1.82) is 0 Å². The number of fused-ring (bicyclic) bond motifs is 3. The lowest BCUT2D eigenvalue weighted by molar-refractivity contribution is -0.147. The Labute approximate surface area is 205 Å². The van der Waals surface area contributed by atoms with Gasteiger partial charge in [0.05, 0.1) is 27.2 Å². The molecule has 0 unspecified atom stereocenters. The molecule has 6 nitrogen and oxygen atoms in total. The predicted octanol–water partition coefficient (Wildman–Crippen LogP) is 4.44. The molecule has 0 saturated carbocycles. The average molecular weight is 472 g/mol. The van der Waals surface area contributed by atoms with Crippen LogP contribution in [0.4, 0.5) is 0 Å². The minimum atomic E-state index is -0.577. The average Bonchev–Trinajstić information content (AvgIpc) is 3.27. The fourth-order valence-electron chi connectivity index (χ4n) is 5.88. The zero-order chi connectivity index (χ0) is 24.5. The lowest BCUT2D eigenvalue weighted by Gasteiger charge is -2.36. The summed E-state index contributed by atoms with van der Waals surface area (Å²) < 4.78 is 16.5. The van der Waals surface area contributed by atoms with Crippen LogP contribution in [0.1, 0.15) is 39.0 Å². The molecule has 0 N–H and O–H groups in total. The van der Waals surface area contributed by atoms with Gasteiger partial charge in [0.15, 0.2) is 17.3 Å². The van der Waals surface area contributed by atoms with Gasteiger partial charge in [-0.3, -0.25) is 14.5 Å². The van der Waals surface area contributed by atoms with Crippen molar-refractivity contribution in [3.63, 3.8) is 0 Å². The molecule has 0 radical (unpaired) electrons. The van der Waals surface area contributed by atoms with E-state index < -0.39 is 12.0 Å². The lowest BCUT2D eigenvalue weighted by atomic mass is 9.75. The molecule has 2 aliphatic heterocycles. The summed E-state index contributed by atoms with van der Waals surface area (Å²) in [7, 11) is 4.64. The fourth-order valence-corrected chi connectivity index (χ4v) is 5.88. The van der Waals surface area contributed by atoms with E-state index in [9.17, 15) is 9.59 Å². The third-order valence-corrected chi connectivity index (χ3v) is 7.37. The van der Waals surface area contributed by atoms with Crippen LogP contribution in [0.15, 0.2) is 72.8 Å².